The van der Waals surface area contributed by atoms with Gasteiger partial charge in [-0.25, -0.2) is 4.98 Å². The van der Waals surface area contributed by atoms with Crippen LogP contribution in [0.3, 0.4) is 0 Å². The van der Waals surface area contributed by atoms with Crippen LogP contribution in [0.5, 0.6) is 0 Å². The van der Waals surface area contributed by atoms with Gasteiger partial charge in [0.2, 0.25) is 0 Å². The molecule has 2 aromatic heterocycles. The van der Waals surface area contributed by atoms with E-state index in [0.717, 1.165) is 40.4 Å². The molecule has 0 atom stereocenters. The van der Waals surface area contributed by atoms with Gasteiger partial charge >= 0.3 is 6.18 Å². The molecule has 4 rings (SSSR count). The summed E-state index contributed by atoms with van der Waals surface area (Å²) in [5, 5.41) is 5.03. The summed E-state index contributed by atoms with van der Waals surface area (Å²) in [7, 11) is 0. The van der Waals surface area contributed by atoms with E-state index in [4.69, 9.17) is 0 Å². The molecule has 0 unspecified atom stereocenters. The topological polar surface area (TPSA) is 37.8 Å². The molecule has 4 aromatic rings. The molecule has 0 saturated heterocycles. The van der Waals surface area contributed by atoms with Crippen molar-refractivity contribution in [2.75, 3.05) is 5.32 Å². The Kier molecular flexibility index (Phi) is 6.63. The van der Waals surface area contributed by atoms with E-state index in [1.54, 1.807) is 12.1 Å². The predicted octanol–water partition coefficient (Wildman–Crippen LogP) is 7.44. The molecule has 0 radical (unpaired) electrons. The average molecular weight is 450 g/mol. The Morgan fingerprint density at radius 2 is 1.61 bits per heavy atom. The number of hydrogen-bond acceptors (Lipinski definition) is 3. The second-order valence-corrected chi connectivity index (χ2v) is 8.23. The largest absolute Gasteiger partial charge is 0.416 e. The molecule has 0 fully saturated rings. The quantitative estimate of drug-likeness (QED) is 0.319. The molecule has 170 valence electrons. The van der Waals surface area contributed by atoms with Gasteiger partial charge in [-0.1, -0.05) is 49.7 Å². The lowest BCUT2D eigenvalue weighted by Crippen LogP contribution is -2.10. The third kappa shape index (κ3) is 5.33. The molecule has 6 heteroatoms. The number of pyridine rings is 2. The van der Waals surface area contributed by atoms with Crippen molar-refractivity contribution in [2.45, 2.75) is 45.7 Å². The second-order valence-electron chi connectivity index (χ2n) is 8.23. The van der Waals surface area contributed by atoms with Gasteiger partial charge in [0.1, 0.15) is 5.82 Å². The number of fused-ring (bicyclic) bond motifs is 1. The molecular formula is C27H26F3N3. The number of alkyl halides is 3. The summed E-state index contributed by atoms with van der Waals surface area (Å²) in [6, 6.07) is 16.3. The van der Waals surface area contributed by atoms with Crippen LogP contribution >= 0.6 is 0 Å². The van der Waals surface area contributed by atoms with Crippen LogP contribution in [0.1, 0.15) is 41.3 Å². The van der Waals surface area contributed by atoms with Crippen molar-refractivity contribution in [3.8, 4) is 0 Å². The lowest BCUT2D eigenvalue weighted by molar-refractivity contribution is -0.138. The van der Waals surface area contributed by atoms with Gasteiger partial charge in [0.05, 0.1) is 5.56 Å². The van der Waals surface area contributed by atoms with Gasteiger partial charge in [-0.3, -0.25) is 4.98 Å². The number of benzene rings is 2. The summed E-state index contributed by atoms with van der Waals surface area (Å²) in [5.74, 6) is 0.544. The fourth-order valence-electron chi connectivity index (χ4n) is 4.02. The number of rotatable bonds is 7. The van der Waals surface area contributed by atoms with Gasteiger partial charge in [-0.2, -0.15) is 13.2 Å². The number of nitrogens with zero attached hydrogens (tertiary/aromatic N) is 2. The third-order valence-corrected chi connectivity index (χ3v) is 5.73. The first kappa shape index (κ1) is 22.8. The Morgan fingerprint density at radius 1 is 0.818 bits per heavy atom. The number of halogens is 3. The van der Waals surface area contributed by atoms with Gasteiger partial charge in [0, 0.05) is 29.2 Å². The highest BCUT2D eigenvalue weighted by molar-refractivity contribution is 5.95. The normalized spacial score (nSPS) is 11.7. The lowest BCUT2D eigenvalue weighted by Gasteiger charge is -2.16. The Labute approximate surface area is 191 Å². The van der Waals surface area contributed by atoms with Crippen LogP contribution in [0.15, 0.2) is 67.0 Å². The van der Waals surface area contributed by atoms with Crippen molar-refractivity contribution in [3.05, 3.63) is 94.9 Å². The average Bonchev–Trinajstić information content (AvgIpc) is 2.80. The van der Waals surface area contributed by atoms with Crippen molar-refractivity contribution in [3.63, 3.8) is 0 Å². The van der Waals surface area contributed by atoms with Crippen LogP contribution in [-0.2, 0) is 25.4 Å². The number of hydrogen-bond donors (Lipinski definition) is 1. The van der Waals surface area contributed by atoms with E-state index in [9.17, 15) is 13.2 Å². The molecule has 2 heterocycles. The Hall–Kier alpha value is -3.41. The first-order valence-electron chi connectivity index (χ1n) is 11.1. The summed E-state index contributed by atoms with van der Waals surface area (Å²) in [5.41, 5.74) is 3.32. The maximum Gasteiger partial charge on any atom is 0.416 e. The van der Waals surface area contributed by atoms with Gasteiger partial charge in [0.15, 0.2) is 0 Å². The van der Waals surface area contributed by atoms with Crippen molar-refractivity contribution >= 4 is 22.3 Å². The molecule has 0 bridgehead atoms. The zero-order valence-corrected chi connectivity index (χ0v) is 18.7. The highest BCUT2D eigenvalue weighted by Gasteiger charge is 2.33. The number of anilines is 2. The number of aromatic nitrogens is 2. The molecule has 0 aliphatic heterocycles. The maximum atomic E-state index is 13.6. The summed E-state index contributed by atoms with van der Waals surface area (Å²) in [6.45, 7) is 3.83. The van der Waals surface area contributed by atoms with Gasteiger partial charge in [-0.15, -0.1) is 0 Å². The SMILES string of the molecule is CCCc1ccc(Nc2ncc(CCc3ccc(C)nc3)c3ccccc23)cc1C(F)(F)F. The van der Waals surface area contributed by atoms with Crippen LogP contribution in [0.25, 0.3) is 10.8 Å². The molecule has 0 spiro atoms. The molecule has 33 heavy (non-hydrogen) atoms. The van der Waals surface area contributed by atoms with Crippen LogP contribution in [0.2, 0.25) is 0 Å². The minimum Gasteiger partial charge on any atom is -0.340 e. The highest BCUT2D eigenvalue weighted by Crippen LogP contribution is 2.36. The van der Waals surface area contributed by atoms with Crippen LogP contribution in [0, 0.1) is 6.92 Å². The molecule has 2 aromatic carbocycles. The first-order chi connectivity index (χ1) is 15.8. The van der Waals surface area contributed by atoms with E-state index in [-0.39, 0.29) is 0 Å². The summed E-state index contributed by atoms with van der Waals surface area (Å²) in [6.07, 6.45) is 1.97. The highest BCUT2D eigenvalue weighted by atomic mass is 19.4. The summed E-state index contributed by atoms with van der Waals surface area (Å²) < 4.78 is 40.8. The van der Waals surface area contributed by atoms with Crippen molar-refractivity contribution in [2.24, 2.45) is 0 Å². The van der Waals surface area contributed by atoms with Crippen LogP contribution in [-0.4, -0.2) is 9.97 Å². The first-order valence-corrected chi connectivity index (χ1v) is 11.1. The van der Waals surface area contributed by atoms with Crippen molar-refractivity contribution in [1.82, 2.24) is 9.97 Å². The van der Waals surface area contributed by atoms with E-state index < -0.39 is 11.7 Å². The fraction of sp³-hybridized carbons (Fsp3) is 0.259. The Morgan fingerprint density at radius 3 is 2.30 bits per heavy atom. The molecule has 0 aliphatic carbocycles. The maximum absolute atomic E-state index is 13.6. The van der Waals surface area contributed by atoms with Crippen LogP contribution < -0.4 is 5.32 Å². The fourth-order valence-corrected chi connectivity index (χ4v) is 4.02. The second kappa shape index (κ2) is 9.61. The standard InChI is InChI=1S/C27H26F3N3/c1-3-6-20-13-14-22(15-25(20)27(28,29)30)33-26-24-8-5-4-7-23(24)21(17-32-26)12-11-19-10-9-18(2)31-16-19/h4-5,7-10,13-17H,3,6,11-12H2,1-2H3,(H,32,33). The van der Waals surface area contributed by atoms with E-state index in [1.165, 1.54) is 6.07 Å². The third-order valence-electron chi connectivity index (χ3n) is 5.73. The van der Waals surface area contributed by atoms with E-state index >= 15 is 0 Å². The lowest BCUT2D eigenvalue weighted by atomic mass is 10.0. The van der Waals surface area contributed by atoms with Gasteiger partial charge in [-0.05, 0) is 66.5 Å². The van der Waals surface area contributed by atoms with E-state index in [0.29, 0.717) is 29.9 Å². The minimum absolute atomic E-state index is 0.314. The zero-order valence-electron chi connectivity index (χ0n) is 18.7. The van der Waals surface area contributed by atoms with Gasteiger partial charge in [0.25, 0.3) is 0 Å². The summed E-state index contributed by atoms with van der Waals surface area (Å²) >= 11 is 0. The Bertz CT molecular complexity index is 1250. The predicted molar refractivity (Wildman–Crippen MR) is 127 cm³/mol. The molecule has 3 nitrogen and oxygen atoms in total. The summed E-state index contributed by atoms with van der Waals surface area (Å²) in [4.78, 5) is 8.92. The van der Waals surface area contributed by atoms with Crippen molar-refractivity contribution in [1.29, 1.82) is 0 Å². The smallest absolute Gasteiger partial charge is 0.340 e. The molecular weight excluding hydrogens is 423 g/mol. The molecule has 0 aliphatic rings. The van der Waals surface area contributed by atoms with Crippen molar-refractivity contribution < 1.29 is 13.2 Å². The number of aryl methyl sites for hydroxylation is 4. The zero-order chi connectivity index (χ0) is 23.4. The minimum atomic E-state index is -4.40. The van der Waals surface area contributed by atoms with E-state index in [1.807, 2.05) is 56.6 Å². The Balaban J connectivity index is 1.63. The monoisotopic (exact) mass is 449 g/mol. The molecule has 1 N–H and O–H groups in total. The van der Waals surface area contributed by atoms with Crippen LogP contribution in [0.4, 0.5) is 24.7 Å². The number of nitrogens with one attached hydrogen (secondary N) is 1. The molecule has 0 amide bonds. The van der Waals surface area contributed by atoms with Gasteiger partial charge < -0.3 is 5.32 Å². The van der Waals surface area contributed by atoms with E-state index in [2.05, 4.69) is 21.4 Å². The molecule has 0 saturated carbocycles.